The van der Waals surface area contributed by atoms with Crippen molar-refractivity contribution in [1.82, 2.24) is 0 Å². The third-order valence-electron chi connectivity index (χ3n) is 4.86. The molecule has 1 aliphatic heterocycles. The lowest BCUT2D eigenvalue weighted by atomic mass is 9.95. The van der Waals surface area contributed by atoms with Crippen LogP contribution in [0.2, 0.25) is 0 Å². The van der Waals surface area contributed by atoms with E-state index >= 15 is 0 Å². The SMILES string of the molecule is CCN(c1ccc([C@@H](COC(C)C)CC(=O)O)cc1N)C1CCOCC1. The molecule has 0 spiro atoms. The van der Waals surface area contributed by atoms with E-state index in [1.54, 1.807) is 0 Å². The topological polar surface area (TPSA) is 85.0 Å². The van der Waals surface area contributed by atoms with E-state index in [-0.39, 0.29) is 18.4 Å². The molecular formula is C20H32N2O4. The third kappa shape index (κ3) is 5.61. The van der Waals surface area contributed by atoms with Crippen molar-refractivity contribution >= 4 is 17.3 Å². The van der Waals surface area contributed by atoms with Crippen molar-refractivity contribution in [1.29, 1.82) is 0 Å². The Balaban J connectivity index is 2.20. The lowest BCUT2D eigenvalue weighted by Gasteiger charge is -2.36. The molecule has 6 nitrogen and oxygen atoms in total. The molecule has 1 atom stereocenters. The van der Waals surface area contributed by atoms with Crippen LogP contribution in [0.15, 0.2) is 18.2 Å². The second-order valence-corrected chi connectivity index (χ2v) is 7.12. The van der Waals surface area contributed by atoms with Gasteiger partial charge in [0.1, 0.15) is 0 Å². The van der Waals surface area contributed by atoms with Crippen molar-refractivity contribution in [3.63, 3.8) is 0 Å². The van der Waals surface area contributed by atoms with Crippen LogP contribution in [0.3, 0.4) is 0 Å². The fraction of sp³-hybridized carbons (Fsp3) is 0.650. The fourth-order valence-electron chi connectivity index (χ4n) is 3.50. The zero-order valence-electron chi connectivity index (χ0n) is 16.1. The average Bonchev–Trinajstić information content (AvgIpc) is 2.61. The van der Waals surface area contributed by atoms with Crippen molar-refractivity contribution in [2.75, 3.05) is 37.0 Å². The molecule has 146 valence electrons. The number of carboxylic acids is 1. The maximum absolute atomic E-state index is 11.2. The van der Waals surface area contributed by atoms with Crippen molar-refractivity contribution in [3.8, 4) is 0 Å². The standard InChI is InChI=1S/C20H32N2O4/c1-4-22(17-7-9-25-10-8-17)19-6-5-15(11-18(19)21)16(12-20(23)24)13-26-14(2)3/h5-6,11,14,16-17H,4,7-10,12-13,21H2,1-3H3,(H,23,24)/t16-/m1/s1. The van der Waals surface area contributed by atoms with Crippen LogP contribution in [0.4, 0.5) is 11.4 Å². The van der Waals surface area contributed by atoms with Crippen LogP contribution in [0.1, 0.15) is 51.5 Å². The third-order valence-corrected chi connectivity index (χ3v) is 4.86. The number of carbonyl (C=O) groups is 1. The molecule has 0 aromatic heterocycles. The van der Waals surface area contributed by atoms with Crippen LogP contribution in [0.5, 0.6) is 0 Å². The van der Waals surface area contributed by atoms with Crippen LogP contribution >= 0.6 is 0 Å². The van der Waals surface area contributed by atoms with Crippen LogP contribution in [0, 0.1) is 0 Å². The van der Waals surface area contributed by atoms with Gasteiger partial charge in [0.25, 0.3) is 0 Å². The van der Waals surface area contributed by atoms with Crippen LogP contribution in [-0.4, -0.2) is 49.6 Å². The molecule has 1 aromatic carbocycles. The number of benzene rings is 1. The number of ether oxygens (including phenoxy) is 2. The summed E-state index contributed by atoms with van der Waals surface area (Å²) in [5.41, 5.74) is 8.99. The normalized spacial score (nSPS) is 16.6. The van der Waals surface area contributed by atoms with E-state index in [0.717, 1.165) is 43.9 Å². The van der Waals surface area contributed by atoms with Crippen LogP contribution < -0.4 is 10.6 Å². The molecule has 0 saturated carbocycles. The average molecular weight is 364 g/mol. The Hall–Kier alpha value is -1.79. The van der Waals surface area contributed by atoms with Gasteiger partial charge in [0.15, 0.2) is 0 Å². The molecule has 6 heteroatoms. The number of anilines is 2. The number of hydrogen-bond acceptors (Lipinski definition) is 5. The Labute approximate surface area is 156 Å². The molecule has 1 fully saturated rings. The molecule has 26 heavy (non-hydrogen) atoms. The summed E-state index contributed by atoms with van der Waals surface area (Å²) in [7, 11) is 0. The molecule has 0 radical (unpaired) electrons. The summed E-state index contributed by atoms with van der Waals surface area (Å²) >= 11 is 0. The molecule has 0 amide bonds. The zero-order valence-corrected chi connectivity index (χ0v) is 16.1. The van der Waals surface area contributed by atoms with Gasteiger partial charge in [-0.3, -0.25) is 4.79 Å². The van der Waals surface area contributed by atoms with E-state index in [9.17, 15) is 9.90 Å². The Bertz CT molecular complexity index is 585. The Morgan fingerprint density at radius 1 is 1.38 bits per heavy atom. The highest BCUT2D eigenvalue weighted by atomic mass is 16.5. The van der Waals surface area contributed by atoms with Gasteiger partial charge in [0.2, 0.25) is 0 Å². The first-order chi connectivity index (χ1) is 12.4. The Morgan fingerprint density at radius 3 is 2.62 bits per heavy atom. The number of nitrogens with two attached hydrogens (primary N) is 1. The van der Waals surface area contributed by atoms with Gasteiger partial charge in [0.05, 0.1) is 30.5 Å². The van der Waals surface area contributed by atoms with E-state index in [4.69, 9.17) is 15.2 Å². The molecule has 3 N–H and O–H groups in total. The number of hydrogen-bond donors (Lipinski definition) is 2. The maximum Gasteiger partial charge on any atom is 0.304 e. The largest absolute Gasteiger partial charge is 0.481 e. The minimum Gasteiger partial charge on any atom is -0.481 e. The van der Waals surface area contributed by atoms with Crippen molar-refractivity contribution in [3.05, 3.63) is 23.8 Å². The van der Waals surface area contributed by atoms with Gasteiger partial charge in [-0.15, -0.1) is 0 Å². The van der Waals surface area contributed by atoms with E-state index in [0.29, 0.717) is 18.3 Å². The minimum atomic E-state index is -0.831. The zero-order chi connectivity index (χ0) is 19.1. The minimum absolute atomic E-state index is 0.0307. The lowest BCUT2D eigenvalue weighted by Crippen LogP contribution is -2.39. The second kappa shape index (κ2) is 9.78. The maximum atomic E-state index is 11.2. The van der Waals surface area contributed by atoms with E-state index in [1.807, 2.05) is 32.0 Å². The highest BCUT2D eigenvalue weighted by Gasteiger charge is 2.23. The lowest BCUT2D eigenvalue weighted by molar-refractivity contribution is -0.138. The van der Waals surface area contributed by atoms with Gasteiger partial charge >= 0.3 is 5.97 Å². The number of nitrogen functional groups attached to an aromatic ring is 1. The predicted octanol–water partition coefficient (Wildman–Crippen LogP) is 3.26. The number of carboxylic acid groups (broad SMARTS) is 1. The number of nitrogens with zero attached hydrogens (tertiary/aromatic N) is 1. The summed E-state index contributed by atoms with van der Waals surface area (Å²) in [5.74, 6) is -1.04. The summed E-state index contributed by atoms with van der Waals surface area (Å²) < 4.78 is 11.1. The van der Waals surface area contributed by atoms with Crippen molar-refractivity contribution < 1.29 is 19.4 Å². The summed E-state index contributed by atoms with van der Waals surface area (Å²) in [6, 6.07) is 6.36. The highest BCUT2D eigenvalue weighted by molar-refractivity contribution is 5.71. The molecule has 1 aliphatic rings. The van der Waals surface area contributed by atoms with Gasteiger partial charge < -0.3 is 25.2 Å². The van der Waals surface area contributed by atoms with E-state index in [1.165, 1.54) is 0 Å². The van der Waals surface area contributed by atoms with Crippen LogP contribution in [0.25, 0.3) is 0 Å². The first-order valence-corrected chi connectivity index (χ1v) is 9.49. The molecule has 0 bridgehead atoms. The Morgan fingerprint density at radius 2 is 2.08 bits per heavy atom. The van der Waals surface area contributed by atoms with Crippen molar-refractivity contribution in [2.45, 2.75) is 58.1 Å². The highest BCUT2D eigenvalue weighted by Crippen LogP contribution is 2.32. The Kier molecular flexibility index (Phi) is 7.72. The van der Waals surface area contributed by atoms with E-state index < -0.39 is 5.97 Å². The second-order valence-electron chi connectivity index (χ2n) is 7.12. The number of rotatable bonds is 9. The molecule has 1 heterocycles. The van der Waals surface area contributed by atoms with Gasteiger partial charge in [-0.2, -0.15) is 0 Å². The molecule has 1 aromatic rings. The molecule has 0 unspecified atom stereocenters. The molecule has 1 saturated heterocycles. The summed E-state index contributed by atoms with van der Waals surface area (Å²) in [6.07, 6.45) is 2.09. The van der Waals surface area contributed by atoms with Crippen molar-refractivity contribution in [2.24, 2.45) is 0 Å². The molecular weight excluding hydrogens is 332 g/mol. The smallest absolute Gasteiger partial charge is 0.304 e. The monoisotopic (exact) mass is 364 g/mol. The first-order valence-electron chi connectivity index (χ1n) is 9.49. The fourth-order valence-corrected chi connectivity index (χ4v) is 3.50. The summed E-state index contributed by atoms with van der Waals surface area (Å²) in [6.45, 7) is 8.85. The quantitative estimate of drug-likeness (QED) is 0.654. The predicted molar refractivity (Wildman–Crippen MR) is 104 cm³/mol. The van der Waals surface area contributed by atoms with Gasteiger partial charge in [-0.05, 0) is 51.3 Å². The summed E-state index contributed by atoms with van der Waals surface area (Å²) in [5, 5.41) is 9.22. The van der Waals surface area contributed by atoms with Gasteiger partial charge in [-0.25, -0.2) is 0 Å². The molecule has 2 rings (SSSR count). The number of aliphatic carboxylic acids is 1. The first kappa shape index (κ1) is 20.5. The van der Waals surface area contributed by atoms with Gasteiger partial charge in [0, 0.05) is 31.7 Å². The van der Waals surface area contributed by atoms with E-state index in [2.05, 4.69) is 11.8 Å². The van der Waals surface area contributed by atoms with Gasteiger partial charge in [-0.1, -0.05) is 6.07 Å². The molecule has 0 aliphatic carbocycles. The summed E-state index contributed by atoms with van der Waals surface area (Å²) in [4.78, 5) is 13.6. The van der Waals surface area contributed by atoms with Crippen LogP contribution in [-0.2, 0) is 14.3 Å².